The molecule has 0 fully saturated rings. The molecule has 0 aliphatic heterocycles. The van der Waals surface area contributed by atoms with Crippen LogP contribution in [0.15, 0.2) is 28.5 Å². The molecule has 0 radical (unpaired) electrons. The number of carboxylic acid groups (broad SMARTS) is 1. The van der Waals surface area contributed by atoms with E-state index in [1.54, 1.807) is 19.1 Å². The molecule has 1 N–H and O–H groups in total. The van der Waals surface area contributed by atoms with Crippen LogP contribution >= 0.6 is 23.1 Å². The Balaban J connectivity index is 2.28. The topological polar surface area (TPSA) is 68.5 Å². The Morgan fingerprint density at radius 3 is 2.62 bits per heavy atom. The Morgan fingerprint density at radius 2 is 2.04 bits per heavy atom. The number of halogens is 1. The number of thiophene rings is 1. The lowest BCUT2D eigenvalue weighted by Crippen LogP contribution is -2.12. The predicted octanol–water partition coefficient (Wildman–Crippen LogP) is 4.20. The van der Waals surface area contributed by atoms with Crippen LogP contribution < -0.4 is 4.74 Å². The standard InChI is InChI=1S/C18H16FNO4S2/c1-9-10(8-14(21)22)16-11(4-5-12(24-2)17(16)19)20(9)18(23)13-6-7-15(25-3)26-13/h4-7H,8H2,1-3H3,(H,21,22). The molecular formula is C18H16FNO4S2. The number of hydrogen-bond donors (Lipinski definition) is 1. The number of carbonyl (C=O) groups is 2. The second-order valence-electron chi connectivity index (χ2n) is 5.57. The molecular weight excluding hydrogens is 377 g/mol. The first-order chi connectivity index (χ1) is 12.4. The van der Waals surface area contributed by atoms with Gasteiger partial charge in [0.1, 0.15) is 0 Å². The van der Waals surface area contributed by atoms with E-state index >= 15 is 0 Å². The molecule has 0 saturated heterocycles. The van der Waals surface area contributed by atoms with Crippen molar-refractivity contribution < 1.29 is 23.8 Å². The maximum atomic E-state index is 14.9. The monoisotopic (exact) mass is 393 g/mol. The van der Waals surface area contributed by atoms with E-state index in [-0.39, 0.29) is 29.0 Å². The summed E-state index contributed by atoms with van der Waals surface area (Å²) in [7, 11) is 1.34. The molecule has 1 aromatic carbocycles. The molecule has 0 bridgehead atoms. The largest absolute Gasteiger partial charge is 0.494 e. The van der Waals surface area contributed by atoms with E-state index in [9.17, 15) is 19.1 Å². The van der Waals surface area contributed by atoms with Crippen molar-refractivity contribution in [2.24, 2.45) is 0 Å². The SMILES string of the molecule is COc1ccc2c(c1F)c(CC(=O)O)c(C)n2C(=O)c1ccc(SC)s1. The lowest BCUT2D eigenvalue weighted by Gasteiger charge is -2.06. The first-order valence-corrected chi connectivity index (χ1v) is 9.69. The molecule has 3 rings (SSSR count). The van der Waals surface area contributed by atoms with Crippen LogP contribution in [0.3, 0.4) is 0 Å². The van der Waals surface area contributed by atoms with Gasteiger partial charge >= 0.3 is 5.97 Å². The van der Waals surface area contributed by atoms with Gasteiger partial charge in [-0.2, -0.15) is 0 Å². The smallest absolute Gasteiger partial charge is 0.307 e. The summed E-state index contributed by atoms with van der Waals surface area (Å²) in [5.74, 6) is -2.05. The van der Waals surface area contributed by atoms with Crippen molar-refractivity contribution in [3.8, 4) is 5.75 Å². The molecule has 3 aromatic rings. The number of thioether (sulfide) groups is 1. The van der Waals surface area contributed by atoms with Gasteiger partial charge in [0.15, 0.2) is 11.6 Å². The van der Waals surface area contributed by atoms with Crippen LogP contribution in [0.2, 0.25) is 0 Å². The van der Waals surface area contributed by atoms with Gasteiger partial charge in [0.25, 0.3) is 5.91 Å². The summed E-state index contributed by atoms with van der Waals surface area (Å²) in [6.45, 7) is 1.63. The highest BCUT2D eigenvalue weighted by atomic mass is 32.2. The summed E-state index contributed by atoms with van der Waals surface area (Å²) in [5, 5.41) is 9.33. The summed E-state index contributed by atoms with van der Waals surface area (Å²) in [5.41, 5.74) is 1.03. The molecule has 0 amide bonds. The van der Waals surface area contributed by atoms with Crippen molar-refractivity contribution in [2.75, 3.05) is 13.4 Å². The molecule has 2 heterocycles. The molecule has 0 spiro atoms. The maximum absolute atomic E-state index is 14.9. The van der Waals surface area contributed by atoms with Gasteiger partial charge in [0, 0.05) is 11.1 Å². The third kappa shape index (κ3) is 2.99. The fourth-order valence-electron chi connectivity index (χ4n) is 2.96. The number of aliphatic carboxylic acids is 1. The van der Waals surface area contributed by atoms with Crippen molar-refractivity contribution in [1.29, 1.82) is 0 Å². The summed E-state index contributed by atoms with van der Waals surface area (Å²) >= 11 is 2.88. The Hall–Kier alpha value is -2.32. The van der Waals surface area contributed by atoms with Crippen molar-refractivity contribution >= 4 is 45.9 Å². The second kappa shape index (κ2) is 7.13. The van der Waals surface area contributed by atoms with E-state index in [4.69, 9.17) is 4.74 Å². The van der Waals surface area contributed by atoms with Gasteiger partial charge in [0.05, 0.1) is 28.1 Å². The van der Waals surface area contributed by atoms with Crippen molar-refractivity contribution in [2.45, 2.75) is 17.6 Å². The number of carbonyl (C=O) groups excluding carboxylic acids is 1. The van der Waals surface area contributed by atoms with Crippen LogP contribution in [0.4, 0.5) is 4.39 Å². The van der Waals surface area contributed by atoms with Gasteiger partial charge in [-0.3, -0.25) is 14.2 Å². The summed E-state index contributed by atoms with van der Waals surface area (Å²) in [4.78, 5) is 24.8. The number of aromatic nitrogens is 1. The molecule has 26 heavy (non-hydrogen) atoms. The lowest BCUT2D eigenvalue weighted by molar-refractivity contribution is -0.136. The fourth-order valence-corrected chi connectivity index (χ4v) is 4.43. The summed E-state index contributed by atoms with van der Waals surface area (Å²) in [6, 6.07) is 6.59. The number of carboxylic acids is 1. The first kappa shape index (κ1) is 18.5. The van der Waals surface area contributed by atoms with Crippen LogP contribution in [0, 0.1) is 12.7 Å². The molecule has 0 saturated carbocycles. The number of benzene rings is 1. The number of methoxy groups -OCH3 is 1. The van der Waals surface area contributed by atoms with Gasteiger partial charge in [-0.25, -0.2) is 4.39 Å². The third-order valence-electron chi connectivity index (χ3n) is 4.14. The van der Waals surface area contributed by atoms with Crippen molar-refractivity contribution in [3.05, 3.63) is 46.2 Å². The van der Waals surface area contributed by atoms with E-state index in [1.165, 1.54) is 40.8 Å². The van der Waals surface area contributed by atoms with Gasteiger partial charge < -0.3 is 9.84 Å². The highest BCUT2D eigenvalue weighted by Gasteiger charge is 2.25. The van der Waals surface area contributed by atoms with E-state index < -0.39 is 11.8 Å². The van der Waals surface area contributed by atoms with Crippen molar-refractivity contribution in [3.63, 3.8) is 0 Å². The molecule has 5 nitrogen and oxygen atoms in total. The zero-order valence-corrected chi connectivity index (χ0v) is 16.0. The average Bonchev–Trinajstić information content (AvgIpc) is 3.18. The maximum Gasteiger partial charge on any atom is 0.307 e. The van der Waals surface area contributed by atoms with Crippen molar-refractivity contribution in [1.82, 2.24) is 4.57 Å². The Labute approximate surface area is 157 Å². The van der Waals surface area contributed by atoms with E-state index in [2.05, 4.69) is 0 Å². The minimum absolute atomic E-state index is 0.00882. The normalized spacial score (nSPS) is 11.1. The van der Waals surface area contributed by atoms with Gasteiger partial charge in [-0.1, -0.05) is 0 Å². The molecule has 0 unspecified atom stereocenters. The van der Waals surface area contributed by atoms with E-state index in [0.717, 1.165) is 4.21 Å². The number of fused-ring (bicyclic) bond motifs is 1. The van der Waals surface area contributed by atoms with Gasteiger partial charge in [-0.05, 0) is 43.0 Å². The average molecular weight is 393 g/mol. The Kier molecular flexibility index (Phi) is 5.06. The van der Waals surface area contributed by atoms with Gasteiger partial charge in [0.2, 0.25) is 0 Å². The summed E-state index contributed by atoms with van der Waals surface area (Å²) < 4.78 is 22.2. The highest BCUT2D eigenvalue weighted by molar-refractivity contribution is 8.00. The Bertz CT molecular complexity index is 1020. The molecule has 2 aromatic heterocycles. The third-order valence-corrected chi connectivity index (χ3v) is 6.30. The minimum Gasteiger partial charge on any atom is -0.494 e. The van der Waals surface area contributed by atoms with E-state index in [1.807, 2.05) is 12.3 Å². The number of rotatable bonds is 5. The Morgan fingerprint density at radius 1 is 1.31 bits per heavy atom. The van der Waals surface area contributed by atoms with Crippen LogP contribution in [-0.2, 0) is 11.2 Å². The predicted molar refractivity (Wildman–Crippen MR) is 100 cm³/mol. The lowest BCUT2D eigenvalue weighted by atomic mass is 10.1. The number of hydrogen-bond acceptors (Lipinski definition) is 5. The highest BCUT2D eigenvalue weighted by Crippen LogP contribution is 2.35. The summed E-state index contributed by atoms with van der Waals surface area (Å²) in [6.07, 6.45) is 1.54. The number of nitrogens with zero attached hydrogens (tertiary/aromatic N) is 1. The molecule has 8 heteroatoms. The zero-order chi connectivity index (χ0) is 19.0. The zero-order valence-electron chi connectivity index (χ0n) is 14.3. The van der Waals surface area contributed by atoms with Crippen LogP contribution in [0.25, 0.3) is 10.9 Å². The fraction of sp³-hybridized carbons (Fsp3) is 0.222. The van der Waals surface area contributed by atoms with Crippen LogP contribution in [0.5, 0.6) is 5.75 Å². The molecule has 0 aliphatic rings. The quantitative estimate of drug-likeness (QED) is 0.658. The van der Waals surface area contributed by atoms with Gasteiger partial charge in [-0.15, -0.1) is 23.1 Å². The first-order valence-electron chi connectivity index (χ1n) is 7.65. The second-order valence-corrected chi connectivity index (χ2v) is 7.76. The molecule has 0 atom stereocenters. The van der Waals surface area contributed by atoms with Crippen LogP contribution in [0.1, 0.15) is 20.9 Å². The molecule has 136 valence electrons. The van der Waals surface area contributed by atoms with Crippen LogP contribution in [-0.4, -0.2) is 34.9 Å². The molecule has 0 aliphatic carbocycles. The van der Waals surface area contributed by atoms with E-state index in [0.29, 0.717) is 16.1 Å². The number of ether oxygens (including phenoxy) is 1. The minimum atomic E-state index is -1.09.